The lowest BCUT2D eigenvalue weighted by Crippen LogP contribution is -2.25. The highest BCUT2D eigenvalue weighted by Gasteiger charge is 2.16. The molecule has 0 aliphatic heterocycles. The van der Waals surface area contributed by atoms with E-state index in [9.17, 15) is 4.39 Å². The van der Waals surface area contributed by atoms with Crippen LogP contribution in [0.2, 0.25) is 0 Å². The Balaban J connectivity index is 2.32. The van der Waals surface area contributed by atoms with Gasteiger partial charge in [-0.15, -0.1) is 0 Å². The Bertz CT molecular complexity index is 586. The van der Waals surface area contributed by atoms with Crippen LogP contribution in [0.5, 0.6) is 0 Å². The van der Waals surface area contributed by atoms with E-state index in [0.29, 0.717) is 36.7 Å². The summed E-state index contributed by atoms with van der Waals surface area (Å²) in [6.07, 6.45) is 1.96. The molecular weight excluding hydrogens is 255 g/mol. The van der Waals surface area contributed by atoms with E-state index in [2.05, 4.69) is 9.97 Å². The molecule has 0 unspecified atom stereocenters. The summed E-state index contributed by atoms with van der Waals surface area (Å²) in [4.78, 5) is 9.91. The molecule has 106 valence electrons. The van der Waals surface area contributed by atoms with Gasteiger partial charge in [0.15, 0.2) is 11.6 Å². The van der Waals surface area contributed by atoms with Crippen molar-refractivity contribution in [1.82, 2.24) is 9.97 Å². The van der Waals surface area contributed by atoms with Gasteiger partial charge >= 0.3 is 0 Å². The first-order chi connectivity index (χ1) is 9.67. The fourth-order valence-corrected chi connectivity index (χ4v) is 2.08. The summed E-state index contributed by atoms with van der Waals surface area (Å²) in [7, 11) is 0. The third-order valence-electron chi connectivity index (χ3n) is 3.28. The fraction of sp³-hybridized carbons (Fsp3) is 0.333. The highest BCUT2D eigenvalue weighted by atomic mass is 19.1. The third kappa shape index (κ3) is 2.87. The number of nitrogens with two attached hydrogens (primary N) is 1. The van der Waals surface area contributed by atoms with Crippen LogP contribution in [0.1, 0.15) is 25.1 Å². The number of hydrogen-bond acceptors (Lipinski definition) is 4. The molecule has 0 aliphatic rings. The summed E-state index contributed by atoms with van der Waals surface area (Å²) >= 11 is 0. The van der Waals surface area contributed by atoms with Crippen molar-refractivity contribution in [3.8, 4) is 0 Å². The van der Waals surface area contributed by atoms with Crippen LogP contribution in [0.15, 0.2) is 30.6 Å². The molecule has 1 aromatic carbocycles. The number of benzene rings is 1. The standard InChI is InChI=1S/C15H19FN4/c1-3-13-14(16)15(19-10-18-13)20(4-2)9-11-7-5-6-8-12(11)17/h5-8,10H,3-4,9,17H2,1-2H3. The molecule has 1 heterocycles. The summed E-state index contributed by atoms with van der Waals surface area (Å²) < 4.78 is 14.3. The van der Waals surface area contributed by atoms with Crippen molar-refractivity contribution in [2.45, 2.75) is 26.8 Å². The largest absolute Gasteiger partial charge is 0.398 e. The lowest BCUT2D eigenvalue weighted by molar-refractivity contribution is 0.583. The Labute approximate surface area is 118 Å². The van der Waals surface area contributed by atoms with E-state index in [1.807, 2.05) is 43.0 Å². The molecule has 0 spiro atoms. The minimum Gasteiger partial charge on any atom is -0.398 e. The second-order valence-electron chi connectivity index (χ2n) is 4.52. The third-order valence-corrected chi connectivity index (χ3v) is 3.28. The number of hydrogen-bond donors (Lipinski definition) is 1. The predicted molar refractivity (Wildman–Crippen MR) is 78.9 cm³/mol. The molecule has 2 rings (SSSR count). The van der Waals surface area contributed by atoms with Crippen molar-refractivity contribution < 1.29 is 4.39 Å². The lowest BCUT2D eigenvalue weighted by Gasteiger charge is -2.23. The van der Waals surface area contributed by atoms with Crippen molar-refractivity contribution in [3.05, 3.63) is 47.7 Å². The highest BCUT2D eigenvalue weighted by molar-refractivity contribution is 5.50. The first kappa shape index (κ1) is 14.2. The van der Waals surface area contributed by atoms with Crippen LogP contribution in [0, 0.1) is 5.82 Å². The summed E-state index contributed by atoms with van der Waals surface area (Å²) in [5.74, 6) is -0.00560. The van der Waals surface area contributed by atoms with E-state index >= 15 is 0 Å². The summed E-state index contributed by atoms with van der Waals surface area (Å²) in [5.41, 5.74) is 8.05. The van der Waals surface area contributed by atoms with Crippen LogP contribution in [0.3, 0.4) is 0 Å². The molecule has 2 N–H and O–H groups in total. The number of nitrogens with zero attached hydrogens (tertiary/aromatic N) is 3. The number of halogens is 1. The first-order valence-corrected chi connectivity index (χ1v) is 6.75. The van der Waals surface area contributed by atoms with Crippen LogP contribution < -0.4 is 10.6 Å². The molecule has 0 radical (unpaired) electrons. The van der Waals surface area contributed by atoms with Crippen molar-refractivity contribution in [2.24, 2.45) is 0 Å². The molecule has 0 fully saturated rings. The van der Waals surface area contributed by atoms with Gasteiger partial charge in [-0.3, -0.25) is 0 Å². The van der Waals surface area contributed by atoms with Crippen molar-refractivity contribution in [3.63, 3.8) is 0 Å². The molecular formula is C15H19FN4. The molecule has 2 aromatic rings. The summed E-state index contributed by atoms with van der Waals surface area (Å²) in [6.45, 7) is 5.01. The average Bonchev–Trinajstić information content (AvgIpc) is 2.47. The molecule has 0 bridgehead atoms. The quantitative estimate of drug-likeness (QED) is 0.852. The molecule has 0 saturated carbocycles. The number of aryl methyl sites for hydroxylation is 1. The normalized spacial score (nSPS) is 10.6. The van der Waals surface area contributed by atoms with Crippen molar-refractivity contribution >= 4 is 11.5 Å². The van der Waals surface area contributed by atoms with Crippen molar-refractivity contribution in [1.29, 1.82) is 0 Å². The lowest BCUT2D eigenvalue weighted by atomic mass is 10.1. The molecule has 0 aliphatic carbocycles. The monoisotopic (exact) mass is 274 g/mol. The Morgan fingerprint density at radius 3 is 2.60 bits per heavy atom. The zero-order chi connectivity index (χ0) is 14.5. The van der Waals surface area contributed by atoms with Crippen LogP contribution in [-0.4, -0.2) is 16.5 Å². The Hall–Kier alpha value is -2.17. The van der Waals surface area contributed by atoms with E-state index < -0.39 is 0 Å². The van der Waals surface area contributed by atoms with Gasteiger partial charge in [0.05, 0.1) is 5.69 Å². The van der Waals surface area contributed by atoms with Gasteiger partial charge in [0.2, 0.25) is 0 Å². The SMILES string of the molecule is CCc1ncnc(N(CC)Cc2ccccc2N)c1F. The molecule has 1 aromatic heterocycles. The maximum atomic E-state index is 14.3. The average molecular weight is 274 g/mol. The Morgan fingerprint density at radius 1 is 1.20 bits per heavy atom. The van der Waals surface area contributed by atoms with Gasteiger partial charge in [0.25, 0.3) is 0 Å². The number of rotatable bonds is 5. The topological polar surface area (TPSA) is 55.0 Å². The highest BCUT2D eigenvalue weighted by Crippen LogP contribution is 2.22. The predicted octanol–water partition coefficient (Wildman–Crippen LogP) is 2.79. The van der Waals surface area contributed by atoms with E-state index in [0.717, 1.165) is 5.56 Å². The van der Waals surface area contributed by atoms with E-state index in [1.165, 1.54) is 6.33 Å². The van der Waals surface area contributed by atoms with E-state index in [1.54, 1.807) is 0 Å². The van der Waals surface area contributed by atoms with Gasteiger partial charge in [-0.2, -0.15) is 0 Å². The number of nitrogen functional groups attached to an aromatic ring is 1. The fourth-order valence-electron chi connectivity index (χ4n) is 2.08. The van der Waals surface area contributed by atoms with Gasteiger partial charge in [-0.05, 0) is 25.0 Å². The maximum absolute atomic E-state index is 14.3. The Morgan fingerprint density at radius 2 is 1.95 bits per heavy atom. The van der Waals surface area contributed by atoms with Crippen LogP contribution in [0.25, 0.3) is 0 Å². The van der Waals surface area contributed by atoms with E-state index in [-0.39, 0.29) is 5.82 Å². The zero-order valence-corrected chi connectivity index (χ0v) is 11.8. The number of para-hydroxylation sites is 1. The minimum absolute atomic E-state index is 0.336. The van der Waals surface area contributed by atoms with Gasteiger partial charge in [0.1, 0.15) is 6.33 Å². The second kappa shape index (κ2) is 6.32. The molecule has 0 saturated heterocycles. The summed E-state index contributed by atoms with van der Waals surface area (Å²) in [6, 6.07) is 7.59. The maximum Gasteiger partial charge on any atom is 0.187 e. The van der Waals surface area contributed by atoms with Crippen LogP contribution in [-0.2, 0) is 13.0 Å². The van der Waals surface area contributed by atoms with Gasteiger partial charge in [-0.1, -0.05) is 25.1 Å². The van der Waals surface area contributed by atoms with Gasteiger partial charge in [0, 0.05) is 18.8 Å². The van der Waals surface area contributed by atoms with E-state index in [4.69, 9.17) is 5.73 Å². The summed E-state index contributed by atoms with van der Waals surface area (Å²) in [5, 5.41) is 0. The zero-order valence-electron chi connectivity index (χ0n) is 11.8. The number of aromatic nitrogens is 2. The van der Waals surface area contributed by atoms with Crippen LogP contribution in [0.4, 0.5) is 15.9 Å². The van der Waals surface area contributed by atoms with Crippen molar-refractivity contribution in [2.75, 3.05) is 17.2 Å². The Kier molecular flexibility index (Phi) is 4.50. The van der Waals surface area contributed by atoms with Crippen LogP contribution >= 0.6 is 0 Å². The smallest absolute Gasteiger partial charge is 0.187 e. The van der Waals surface area contributed by atoms with Gasteiger partial charge < -0.3 is 10.6 Å². The minimum atomic E-state index is -0.341. The molecule has 0 amide bonds. The second-order valence-corrected chi connectivity index (χ2v) is 4.52. The number of anilines is 2. The first-order valence-electron chi connectivity index (χ1n) is 6.75. The van der Waals surface area contributed by atoms with Gasteiger partial charge in [-0.25, -0.2) is 14.4 Å². The molecule has 4 nitrogen and oxygen atoms in total. The molecule has 20 heavy (non-hydrogen) atoms. The molecule has 0 atom stereocenters. The molecule has 5 heteroatoms.